The van der Waals surface area contributed by atoms with E-state index >= 15 is 0 Å². The van der Waals surface area contributed by atoms with Crippen molar-refractivity contribution in [2.45, 2.75) is 6.92 Å². The van der Waals surface area contributed by atoms with E-state index in [-0.39, 0.29) is 11.1 Å². The Morgan fingerprint density at radius 2 is 1.76 bits per heavy atom. The standard InChI is InChI=1S/C22H15F2N3O2/c1-11-2-7-17(23)18(19(11)24)20(28)16-10-27-22-15(16)8-14(9-26-22)12-3-5-13(6-4-12)21(25)29/h2-10H,1H3,(H2,25,29)(H,26,27). The molecule has 3 N–H and O–H groups in total. The summed E-state index contributed by atoms with van der Waals surface area (Å²) in [6.07, 6.45) is 2.99. The van der Waals surface area contributed by atoms with Crippen LogP contribution in [0.25, 0.3) is 22.2 Å². The number of halogens is 2. The number of ketones is 1. The van der Waals surface area contributed by atoms with Crippen LogP contribution < -0.4 is 5.73 Å². The zero-order valence-electron chi connectivity index (χ0n) is 15.3. The lowest BCUT2D eigenvalue weighted by atomic mass is 9.98. The van der Waals surface area contributed by atoms with Gasteiger partial charge in [-0.15, -0.1) is 0 Å². The molecule has 0 atom stereocenters. The molecule has 0 saturated carbocycles. The Bertz CT molecular complexity index is 1280. The highest BCUT2D eigenvalue weighted by Crippen LogP contribution is 2.28. The second kappa shape index (κ2) is 6.94. The number of pyridine rings is 1. The first-order valence-corrected chi connectivity index (χ1v) is 8.73. The minimum Gasteiger partial charge on any atom is -0.366 e. The molecular formula is C22H15F2N3O2. The fourth-order valence-electron chi connectivity index (χ4n) is 3.18. The third-order valence-corrected chi connectivity index (χ3v) is 4.79. The molecule has 0 unspecified atom stereocenters. The fourth-order valence-corrected chi connectivity index (χ4v) is 3.18. The van der Waals surface area contributed by atoms with Gasteiger partial charge < -0.3 is 10.7 Å². The molecule has 2 aromatic carbocycles. The summed E-state index contributed by atoms with van der Waals surface area (Å²) in [5, 5.41) is 0.437. The summed E-state index contributed by atoms with van der Waals surface area (Å²) in [7, 11) is 0. The van der Waals surface area contributed by atoms with Gasteiger partial charge in [-0.1, -0.05) is 18.2 Å². The molecule has 0 spiro atoms. The topological polar surface area (TPSA) is 88.8 Å². The monoisotopic (exact) mass is 391 g/mol. The summed E-state index contributed by atoms with van der Waals surface area (Å²) < 4.78 is 28.6. The maximum Gasteiger partial charge on any atom is 0.248 e. The van der Waals surface area contributed by atoms with Crippen LogP contribution in [0.3, 0.4) is 0 Å². The molecular weight excluding hydrogens is 376 g/mol. The van der Waals surface area contributed by atoms with Crippen molar-refractivity contribution in [2.75, 3.05) is 0 Å². The molecule has 144 valence electrons. The minimum atomic E-state index is -0.918. The Morgan fingerprint density at radius 3 is 2.45 bits per heavy atom. The molecule has 1 amide bonds. The van der Waals surface area contributed by atoms with Gasteiger partial charge in [0.15, 0.2) is 0 Å². The molecule has 0 aliphatic heterocycles. The van der Waals surface area contributed by atoms with Gasteiger partial charge in [0.05, 0.1) is 5.56 Å². The molecule has 29 heavy (non-hydrogen) atoms. The number of aromatic nitrogens is 2. The average Bonchev–Trinajstić information content (AvgIpc) is 3.14. The van der Waals surface area contributed by atoms with E-state index in [0.717, 1.165) is 11.6 Å². The van der Waals surface area contributed by atoms with Crippen molar-refractivity contribution in [2.24, 2.45) is 5.73 Å². The van der Waals surface area contributed by atoms with E-state index in [1.165, 1.54) is 19.2 Å². The molecule has 7 heteroatoms. The molecule has 0 saturated heterocycles. The maximum absolute atomic E-state index is 14.4. The smallest absolute Gasteiger partial charge is 0.248 e. The quantitative estimate of drug-likeness (QED) is 0.512. The number of nitrogens with one attached hydrogen (secondary N) is 1. The van der Waals surface area contributed by atoms with Gasteiger partial charge in [-0.05, 0) is 42.3 Å². The molecule has 4 rings (SSSR count). The van der Waals surface area contributed by atoms with Crippen LogP contribution in [-0.2, 0) is 0 Å². The minimum absolute atomic E-state index is 0.117. The predicted octanol–water partition coefficient (Wildman–Crippen LogP) is 4.15. The summed E-state index contributed by atoms with van der Waals surface area (Å²) >= 11 is 0. The highest BCUT2D eigenvalue weighted by atomic mass is 19.1. The molecule has 5 nitrogen and oxygen atoms in total. The Morgan fingerprint density at radius 1 is 1.03 bits per heavy atom. The third kappa shape index (κ3) is 3.16. The van der Waals surface area contributed by atoms with Crippen LogP contribution in [0, 0.1) is 18.6 Å². The van der Waals surface area contributed by atoms with E-state index in [2.05, 4.69) is 9.97 Å². The lowest BCUT2D eigenvalue weighted by Crippen LogP contribution is -2.10. The van der Waals surface area contributed by atoms with Crippen molar-refractivity contribution in [1.82, 2.24) is 9.97 Å². The number of nitrogens with zero attached hydrogens (tertiary/aromatic N) is 1. The fraction of sp³-hybridized carbons (Fsp3) is 0.0455. The highest BCUT2D eigenvalue weighted by Gasteiger charge is 2.23. The van der Waals surface area contributed by atoms with Gasteiger partial charge in [0.1, 0.15) is 17.3 Å². The van der Waals surface area contributed by atoms with Crippen LogP contribution in [0.5, 0.6) is 0 Å². The lowest BCUT2D eigenvalue weighted by molar-refractivity contribution is 0.0998. The molecule has 0 bridgehead atoms. The number of primary amides is 1. The Labute approximate surface area is 164 Å². The van der Waals surface area contributed by atoms with E-state index in [1.54, 1.807) is 36.5 Å². The van der Waals surface area contributed by atoms with Crippen molar-refractivity contribution in [3.8, 4) is 11.1 Å². The molecule has 0 fully saturated rings. The first-order chi connectivity index (χ1) is 13.9. The van der Waals surface area contributed by atoms with E-state index in [1.807, 2.05) is 0 Å². The van der Waals surface area contributed by atoms with Crippen LogP contribution in [0.1, 0.15) is 31.8 Å². The number of hydrogen-bond donors (Lipinski definition) is 2. The first kappa shape index (κ1) is 18.5. The van der Waals surface area contributed by atoms with Crippen LogP contribution in [0.2, 0.25) is 0 Å². The number of fused-ring (bicyclic) bond motifs is 1. The van der Waals surface area contributed by atoms with Gasteiger partial charge in [0.25, 0.3) is 0 Å². The summed E-state index contributed by atoms with van der Waals surface area (Å²) in [6, 6.07) is 10.6. The van der Waals surface area contributed by atoms with Crippen molar-refractivity contribution in [3.05, 3.63) is 88.7 Å². The van der Waals surface area contributed by atoms with Crippen LogP contribution >= 0.6 is 0 Å². The number of carbonyl (C=O) groups excluding carboxylic acids is 2. The van der Waals surface area contributed by atoms with Crippen molar-refractivity contribution in [3.63, 3.8) is 0 Å². The molecule has 0 aliphatic carbocycles. The largest absolute Gasteiger partial charge is 0.366 e. The van der Waals surface area contributed by atoms with E-state index < -0.39 is 28.9 Å². The molecule has 2 aromatic heterocycles. The van der Waals surface area contributed by atoms with Gasteiger partial charge in [-0.25, -0.2) is 13.8 Å². The number of aryl methyl sites for hydroxylation is 1. The Kier molecular flexibility index (Phi) is 4.43. The Hall–Kier alpha value is -3.87. The van der Waals surface area contributed by atoms with Crippen LogP contribution in [0.4, 0.5) is 8.78 Å². The van der Waals surface area contributed by atoms with Crippen LogP contribution in [0.15, 0.2) is 54.9 Å². The van der Waals surface area contributed by atoms with Crippen molar-refractivity contribution in [1.29, 1.82) is 0 Å². The number of hydrogen-bond acceptors (Lipinski definition) is 3. The normalized spacial score (nSPS) is 11.0. The summed E-state index contributed by atoms with van der Waals surface area (Å²) in [5.41, 5.74) is 7.16. The number of amides is 1. The highest BCUT2D eigenvalue weighted by molar-refractivity contribution is 6.16. The summed E-state index contributed by atoms with van der Waals surface area (Å²) in [6.45, 7) is 1.47. The third-order valence-electron chi connectivity index (χ3n) is 4.79. The number of aromatic amines is 1. The maximum atomic E-state index is 14.4. The summed E-state index contributed by atoms with van der Waals surface area (Å²) in [5.74, 6) is -3.10. The number of nitrogens with two attached hydrogens (primary N) is 1. The average molecular weight is 391 g/mol. The van der Waals surface area contributed by atoms with Crippen molar-refractivity contribution >= 4 is 22.7 Å². The molecule has 0 radical (unpaired) electrons. The van der Waals surface area contributed by atoms with Gasteiger partial charge in [0.2, 0.25) is 11.7 Å². The van der Waals surface area contributed by atoms with E-state index in [4.69, 9.17) is 5.73 Å². The molecule has 0 aliphatic rings. The number of carbonyl (C=O) groups is 2. The van der Waals surface area contributed by atoms with Gasteiger partial charge >= 0.3 is 0 Å². The van der Waals surface area contributed by atoms with E-state index in [0.29, 0.717) is 22.2 Å². The Balaban J connectivity index is 1.81. The second-order valence-corrected chi connectivity index (χ2v) is 6.65. The molecule has 4 aromatic rings. The van der Waals surface area contributed by atoms with Crippen molar-refractivity contribution < 1.29 is 18.4 Å². The van der Waals surface area contributed by atoms with E-state index in [9.17, 15) is 18.4 Å². The van der Waals surface area contributed by atoms with Crippen LogP contribution in [-0.4, -0.2) is 21.7 Å². The number of benzene rings is 2. The SMILES string of the molecule is Cc1ccc(F)c(C(=O)c2c[nH]c3ncc(-c4ccc(C(N)=O)cc4)cc23)c1F. The van der Waals surface area contributed by atoms with Gasteiger partial charge in [-0.2, -0.15) is 0 Å². The van der Waals surface area contributed by atoms with Gasteiger partial charge in [-0.3, -0.25) is 9.59 Å². The van der Waals surface area contributed by atoms with Gasteiger partial charge in [0, 0.05) is 34.5 Å². The molecule has 2 heterocycles. The zero-order chi connectivity index (χ0) is 20.7. The number of rotatable bonds is 4. The second-order valence-electron chi connectivity index (χ2n) is 6.65. The first-order valence-electron chi connectivity index (χ1n) is 8.73. The predicted molar refractivity (Wildman–Crippen MR) is 105 cm³/mol. The number of H-pyrrole nitrogens is 1. The lowest BCUT2D eigenvalue weighted by Gasteiger charge is -2.07. The summed E-state index contributed by atoms with van der Waals surface area (Å²) in [4.78, 5) is 31.3. The zero-order valence-corrected chi connectivity index (χ0v) is 15.3.